The molecule has 2 rings (SSSR count). The Morgan fingerprint density at radius 1 is 0.632 bits per heavy atom. The van der Waals surface area contributed by atoms with E-state index < -0.39 is 13.3 Å². The van der Waals surface area contributed by atoms with Crippen LogP contribution in [0, 0.1) is 13.8 Å². The van der Waals surface area contributed by atoms with E-state index in [1.165, 1.54) is 32.8 Å². The molecule has 0 spiro atoms. The van der Waals surface area contributed by atoms with Gasteiger partial charge >= 0.3 is 120 Å². The molecule has 0 saturated carbocycles. The van der Waals surface area contributed by atoms with E-state index in [2.05, 4.69) is 73.9 Å². The fraction of sp³-hybridized carbons (Fsp3) is 0.333. The van der Waals surface area contributed by atoms with Gasteiger partial charge in [0, 0.05) is 0 Å². The topological polar surface area (TPSA) is 0 Å². The van der Waals surface area contributed by atoms with Gasteiger partial charge in [0.1, 0.15) is 0 Å². The molecule has 0 heterocycles. The third kappa shape index (κ3) is 4.54. The second kappa shape index (κ2) is 5.96. The van der Waals surface area contributed by atoms with Gasteiger partial charge in [-0.2, -0.15) is 0 Å². The first-order valence-electron chi connectivity index (χ1n) is 7.06. The van der Waals surface area contributed by atoms with Crippen LogP contribution in [0.5, 0.6) is 0 Å². The van der Waals surface area contributed by atoms with Gasteiger partial charge in [0.25, 0.3) is 0 Å². The Bertz CT molecular complexity index is 471. The van der Waals surface area contributed by atoms with Crippen LogP contribution >= 0.6 is 0 Å². The summed E-state index contributed by atoms with van der Waals surface area (Å²) in [5.41, 5.74) is 5.74. The van der Waals surface area contributed by atoms with E-state index in [9.17, 15) is 0 Å². The molecule has 0 radical (unpaired) electrons. The molecular weight excluding hydrogens is 289 g/mol. The Balaban J connectivity index is 2.05. The zero-order chi connectivity index (χ0) is 13.9. The maximum atomic E-state index is 2.54. The van der Waals surface area contributed by atoms with Crippen molar-refractivity contribution in [3.05, 3.63) is 70.8 Å². The molecular formula is C18H24Ge. The predicted octanol–water partition coefficient (Wildman–Crippen LogP) is 4.88. The van der Waals surface area contributed by atoms with Crippen LogP contribution in [0.2, 0.25) is 11.5 Å². The molecule has 0 aliphatic carbocycles. The molecule has 0 atom stereocenters. The average molecular weight is 313 g/mol. The van der Waals surface area contributed by atoms with Crippen LogP contribution < -0.4 is 0 Å². The van der Waals surface area contributed by atoms with Crippen molar-refractivity contribution in [1.29, 1.82) is 0 Å². The Hall–Kier alpha value is -1.02. The van der Waals surface area contributed by atoms with E-state index in [1.807, 2.05) is 0 Å². The third-order valence-electron chi connectivity index (χ3n) is 3.61. The molecule has 1 heteroatoms. The third-order valence-corrected chi connectivity index (χ3v) is 9.34. The van der Waals surface area contributed by atoms with E-state index in [1.54, 1.807) is 0 Å². The molecule has 0 aliphatic heterocycles. The van der Waals surface area contributed by atoms with Crippen LogP contribution in [0.3, 0.4) is 0 Å². The van der Waals surface area contributed by atoms with Crippen molar-refractivity contribution < 1.29 is 0 Å². The van der Waals surface area contributed by atoms with Gasteiger partial charge in [0.05, 0.1) is 0 Å². The number of hydrogen-bond donors (Lipinski definition) is 0. The minimum absolute atomic E-state index is 1.31. The van der Waals surface area contributed by atoms with E-state index in [0.29, 0.717) is 0 Å². The van der Waals surface area contributed by atoms with E-state index in [0.717, 1.165) is 0 Å². The molecule has 0 bridgehead atoms. The summed E-state index contributed by atoms with van der Waals surface area (Å²) >= 11 is -1.75. The number of rotatable bonds is 4. The molecule has 2 aromatic rings. The first-order chi connectivity index (χ1) is 8.94. The van der Waals surface area contributed by atoms with Crippen molar-refractivity contribution in [3.63, 3.8) is 0 Å². The molecule has 0 fully saturated rings. The summed E-state index contributed by atoms with van der Waals surface area (Å²) in [5, 5.41) is 2.63. The molecule has 0 saturated heterocycles. The van der Waals surface area contributed by atoms with Crippen LogP contribution in [-0.4, -0.2) is 13.3 Å². The summed E-state index contributed by atoms with van der Waals surface area (Å²) in [6.07, 6.45) is 0. The van der Waals surface area contributed by atoms with Crippen molar-refractivity contribution in [2.45, 2.75) is 35.9 Å². The fourth-order valence-corrected chi connectivity index (χ4v) is 8.47. The van der Waals surface area contributed by atoms with Crippen LogP contribution in [-0.2, 0) is 10.5 Å². The quantitative estimate of drug-likeness (QED) is 0.706. The van der Waals surface area contributed by atoms with Gasteiger partial charge in [-0.3, -0.25) is 0 Å². The standard InChI is InChI=1S/C18H24Ge/c1-15-5-9-17(10-6-15)13-19(3,4)14-18-11-7-16(2)8-12-18/h5-12H,13-14H2,1-4H3. The number of aryl methyl sites for hydroxylation is 2. The second-order valence-electron chi connectivity index (χ2n) is 6.49. The predicted molar refractivity (Wildman–Crippen MR) is 87.2 cm³/mol. The van der Waals surface area contributed by atoms with E-state index >= 15 is 0 Å². The molecule has 0 aliphatic rings. The van der Waals surface area contributed by atoms with E-state index in [4.69, 9.17) is 0 Å². The summed E-state index contributed by atoms with van der Waals surface area (Å²) in [7, 11) is 0. The van der Waals surface area contributed by atoms with Gasteiger partial charge in [-0.05, 0) is 0 Å². The molecule has 0 N–H and O–H groups in total. The van der Waals surface area contributed by atoms with Gasteiger partial charge in [-0.15, -0.1) is 0 Å². The van der Waals surface area contributed by atoms with Crippen LogP contribution in [0.1, 0.15) is 22.3 Å². The van der Waals surface area contributed by atoms with Crippen LogP contribution in [0.4, 0.5) is 0 Å². The second-order valence-corrected chi connectivity index (χ2v) is 17.1. The molecule has 100 valence electrons. The van der Waals surface area contributed by atoms with Crippen LogP contribution in [0.25, 0.3) is 0 Å². The van der Waals surface area contributed by atoms with Gasteiger partial charge < -0.3 is 0 Å². The molecule has 0 unspecified atom stereocenters. The summed E-state index contributed by atoms with van der Waals surface area (Å²) in [6, 6.07) is 18.2. The zero-order valence-electron chi connectivity index (χ0n) is 12.5. The summed E-state index contributed by atoms with van der Waals surface area (Å²) in [5.74, 6) is 5.08. The fourth-order valence-electron chi connectivity index (χ4n) is 2.58. The minimum atomic E-state index is -1.75. The number of hydrogen-bond acceptors (Lipinski definition) is 0. The van der Waals surface area contributed by atoms with Crippen molar-refractivity contribution in [2.24, 2.45) is 0 Å². The van der Waals surface area contributed by atoms with Gasteiger partial charge in [-0.25, -0.2) is 0 Å². The van der Waals surface area contributed by atoms with Crippen molar-refractivity contribution in [2.75, 3.05) is 0 Å². The normalized spacial score (nSPS) is 11.6. The first kappa shape index (κ1) is 14.4. The maximum absolute atomic E-state index is 2.54. The number of benzene rings is 2. The Morgan fingerprint density at radius 2 is 0.947 bits per heavy atom. The Morgan fingerprint density at radius 3 is 1.26 bits per heavy atom. The SMILES string of the molecule is Cc1ccc([CH2][Ge]([CH3])([CH3])[CH2]c2ccc(C)cc2)cc1. The summed E-state index contributed by atoms with van der Waals surface area (Å²) < 4.78 is 0. The van der Waals surface area contributed by atoms with E-state index in [-0.39, 0.29) is 0 Å². The molecule has 0 nitrogen and oxygen atoms in total. The summed E-state index contributed by atoms with van der Waals surface area (Å²) in [6.45, 7) is 4.31. The monoisotopic (exact) mass is 314 g/mol. The molecule has 0 amide bonds. The van der Waals surface area contributed by atoms with Crippen molar-refractivity contribution >= 4 is 13.3 Å². The van der Waals surface area contributed by atoms with Gasteiger partial charge in [-0.1, -0.05) is 0 Å². The molecule has 0 aromatic heterocycles. The molecule has 2 aromatic carbocycles. The van der Waals surface area contributed by atoms with Crippen LogP contribution in [0.15, 0.2) is 48.5 Å². The summed E-state index contributed by atoms with van der Waals surface area (Å²) in [4.78, 5) is 0. The van der Waals surface area contributed by atoms with Crippen molar-refractivity contribution in [3.8, 4) is 0 Å². The Labute approximate surface area is 120 Å². The Kier molecular flexibility index (Phi) is 4.51. The first-order valence-corrected chi connectivity index (χ1v) is 14.2. The zero-order valence-corrected chi connectivity index (χ0v) is 14.6. The van der Waals surface area contributed by atoms with Crippen molar-refractivity contribution in [1.82, 2.24) is 0 Å². The average Bonchev–Trinajstić information content (AvgIpc) is 2.34. The van der Waals surface area contributed by atoms with Gasteiger partial charge in [0.15, 0.2) is 0 Å². The molecule has 19 heavy (non-hydrogen) atoms. The van der Waals surface area contributed by atoms with Gasteiger partial charge in [0.2, 0.25) is 0 Å².